The Morgan fingerprint density at radius 3 is 2.67 bits per heavy atom. The number of benzene rings is 1. The summed E-state index contributed by atoms with van der Waals surface area (Å²) in [6.07, 6.45) is 3.31. The van der Waals surface area contributed by atoms with E-state index in [1.54, 1.807) is 29.2 Å². The highest BCUT2D eigenvalue weighted by Gasteiger charge is 2.22. The van der Waals surface area contributed by atoms with Crippen molar-refractivity contribution in [2.45, 2.75) is 6.04 Å². The largest absolute Gasteiger partial charge is 0.270 e. The number of hydrazine groups is 1. The molecule has 6 nitrogen and oxygen atoms in total. The van der Waals surface area contributed by atoms with Gasteiger partial charge >= 0.3 is 0 Å². The van der Waals surface area contributed by atoms with Gasteiger partial charge in [-0.25, -0.2) is 10.1 Å². The molecule has 3 rings (SSSR count). The quantitative estimate of drug-likeness (QED) is 0.568. The summed E-state index contributed by atoms with van der Waals surface area (Å²) in [4.78, 5) is 4.30. The molecule has 0 aliphatic rings. The van der Waals surface area contributed by atoms with Crippen LogP contribution in [0.4, 0.5) is 0 Å². The van der Waals surface area contributed by atoms with Crippen LogP contribution in [0.5, 0.6) is 0 Å². The van der Waals surface area contributed by atoms with E-state index < -0.39 is 6.04 Å². The first-order chi connectivity index (χ1) is 10.3. The molecule has 0 bridgehead atoms. The summed E-state index contributed by atoms with van der Waals surface area (Å²) in [5.41, 5.74) is 4.99. The fourth-order valence-electron chi connectivity index (χ4n) is 2.12. The molecule has 1 aromatic carbocycles. The van der Waals surface area contributed by atoms with E-state index in [4.69, 9.17) is 17.4 Å². The number of halogens is 1. The lowest BCUT2D eigenvalue weighted by Gasteiger charge is -2.17. The Hall–Kier alpha value is -2.28. The molecule has 0 amide bonds. The van der Waals surface area contributed by atoms with Crippen molar-refractivity contribution in [1.29, 1.82) is 0 Å². The van der Waals surface area contributed by atoms with Gasteiger partial charge in [-0.1, -0.05) is 35.0 Å². The van der Waals surface area contributed by atoms with Crippen LogP contribution in [0.1, 0.15) is 17.4 Å². The van der Waals surface area contributed by atoms with Gasteiger partial charge in [-0.05, 0) is 24.3 Å². The molecule has 1 unspecified atom stereocenters. The summed E-state index contributed by atoms with van der Waals surface area (Å²) in [6, 6.07) is 12.8. The van der Waals surface area contributed by atoms with Crippen molar-refractivity contribution in [3.63, 3.8) is 0 Å². The van der Waals surface area contributed by atoms with Crippen LogP contribution >= 0.6 is 11.6 Å². The zero-order valence-electron chi connectivity index (χ0n) is 11.0. The highest BCUT2D eigenvalue weighted by Crippen LogP contribution is 2.26. The Labute approximate surface area is 126 Å². The third kappa shape index (κ3) is 2.64. The normalized spacial score (nSPS) is 12.3. The number of para-hydroxylation sites is 1. The highest BCUT2D eigenvalue weighted by molar-refractivity contribution is 6.31. The lowest BCUT2D eigenvalue weighted by molar-refractivity contribution is 0.583. The maximum absolute atomic E-state index is 6.20. The molecule has 2 aromatic heterocycles. The Kier molecular flexibility index (Phi) is 3.92. The molecule has 3 aromatic rings. The van der Waals surface area contributed by atoms with Crippen molar-refractivity contribution < 1.29 is 0 Å². The molecule has 0 spiro atoms. The van der Waals surface area contributed by atoms with Gasteiger partial charge in [0.1, 0.15) is 6.04 Å². The summed E-state index contributed by atoms with van der Waals surface area (Å²) in [5, 5.41) is 8.61. The van der Waals surface area contributed by atoms with E-state index in [1.165, 1.54) is 0 Å². The van der Waals surface area contributed by atoms with E-state index in [1.807, 2.05) is 30.3 Å². The van der Waals surface area contributed by atoms with Crippen LogP contribution in [-0.4, -0.2) is 20.0 Å². The van der Waals surface area contributed by atoms with Crippen molar-refractivity contribution in [2.75, 3.05) is 0 Å². The van der Waals surface area contributed by atoms with Crippen LogP contribution in [0.2, 0.25) is 5.02 Å². The van der Waals surface area contributed by atoms with Gasteiger partial charge in [-0.3, -0.25) is 10.8 Å². The van der Waals surface area contributed by atoms with E-state index in [0.29, 0.717) is 10.7 Å². The van der Waals surface area contributed by atoms with Crippen LogP contribution in [-0.2, 0) is 0 Å². The lowest BCUT2D eigenvalue weighted by atomic mass is 10.1. The fraction of sp³-hybridized carbons (Fsp3) is 0.0714. The topological polar surface area (TPSA) is 81.7 Å². The smallest absolute Gasteiger partial charge is 0.108 e. The van der Waals surface area contributed by atoms with Crippen molar-refractivity contribution in [3.8, 4) is 5.69 Å². The molecule has 21 heavy (non-hydrogen) atoms. The average molecular weight is 301 g/mol. The predicted molar refractivity (Wildman–Crippen MR) is 79.8 cm³/mol. The molecule has 0 aliphatic heterocycles. The zero-order chi connectivity index (χ0) is 14.7. The number of rotatable bonds is 4. The van der Waals surface area contributed by atoms with Gasteiger partial charge in [-0.2, -0.15) is 0 Å². The van der Waals surface area contributed by atoms with E-state index in [-0.39, 0.29) is 0 Å². The minimum atomic E-state index is -0.408. The third-order valence-electron chi connectivity index (χ3n) is 3.10. The summed E-state index contributed by atoms with van der Waals surface area (Å²) in [7, 11) is 0. The van der Waals surface area contributed by atoms with E-state index in [0.717, 1.165) is 11.4 Å². The molecule has 0 aliphatic carbocycles. The second-order valence-corrected chi connectivity index (χ2v) is 4.78. The Morgan fingerprint density at radius 1 is 1.14 bits per heavy atom. The van der Waals surface area contributed by atoms with Crippen LogP contribution in [0, 0.1) is 0 Å². The molecule has 0 radical (unpaired) electrons. The van der Waals surface area contributed by atoms with Gasteiger partial charge in [-0.15, -0.1) is 5.10 Å². The predicted octanol–water partition coefficient (Wildman–Crippen LogP) is 1.87. The second-order valence-electron chi connectivity index (χ2n) is 4.38. The Balaban J connectivity index is 2.08. The summed E-state index contributed by atoms with van der Waals surface area (Å²) in [5.74, 6) is 5.69. The van der Waals surface area contributed by atoms with Crippen molar-refractivity contribution in [1.82, 2.24) is 25.4 Å². The van der Waals surface area contributed by atoms with Crippen LogP contribution in [0.25, 0.3) is 5.69 Å². The molecule has 7 heteroatoms. The molecule has 1 atom stereocenters. The molecule has 0 fully saturated rings. The van der Waals surface area contributed by atoms with Gasteiger partial charge < -0.3 is 0 Å². The van der Waals surface area contributed by atoms with Gasteiger partial charge in [0.15, 0.2) is 0 Å². The number of nitrogens with zero attached hydrogens (tertiary/aromatic N) is 4. The van der Waals surface area contributed by atoms with Crippen LogP contribution in [0.15, 0.2) is 54.9 Å². The van der Waals surface area contributed by atoms with E-state index in [9.17, 15) is 0 Å². The first kappa shape index (κ1) is 13.7. The van der Waals surface area contributed by atoms with E-state index in [2.05, 4.69) is 20.7 Å². The van der Waals surface area contributed by atoms with Crippen LogP contribution < -0.4 is 11.3 Å². The fourth-order valence-corrected chi connectivity index (χ4v) is 2.36. The Morgan fingerprint density at radius 2 is 1.95 bits per heavy atom. The first-order valence-corrected chi connectivity index (χ1v) is 6.71. The van der Waals surface area contributed by atoms with Crippen molar-refractivity contribution in [2.24, 2.45) is 5.84 Å². The monoisotopic (exact) mass is 300 g/mol. The molecule has 2 heterocycles. The number of hydrogen-bond acceptors (Lipinski definition) is 5. The highest BCUT2D eigenvalue weighted by atomic mass is 35.5. The van der Waals surface area contributed by atoms with Crippen molar-refractivity contribution >= 4 is 11.6 Å². The summed E-state index contributed by atoms with van der Waals surface area (Å²) < 4.78 is 1.70. The zero-order valence-corrected chi connectivity index (χ0v) is 11.8. The molecule has 0 saturated carbocycles. The molecule has 0 saturated heterocycles. The average Bonchev–Trinajstić information content (AvgIpc) is 3.00. The Bertz CT molecular complexity index is 727. The van der Waals surface area contributed by atoms with Crippen molar-refractivity contribution in [3.05, 3.63) is 71.3 Å². The summed E-state index contributed by atoms with van der Waals surface area (Å²) >= 11 is 6.20. The molecule has 106 valence electrons. The molecular weight excluding hydrogens is 288 g/mol. The maximum Gasteiger partial charge on any atom is 0.108 e. The standard InChI is InChI=1S/C14H13ClN6/c15-11-7-4-8-17-13(11)14(19-16)12-9-18-20-21(12)10-5-2-1-3-6-10/h1-9,14,19H,16H2. The first-order valence-electron chi connectivity index (χ1n) is 6.34. The maximum atomic E-state index is 6.20. The van der Waals surface area contributed by atoms with Gasteiger partial charge in [0.05, 0.1) is 28.3 Å². The van der Waals surface area contributed by atoms with Gasteiger partial charge in [0.25, 0.3) is 0 Å². The van der Waals surface area contributed by atoms with Gasteiger partial charge in [0, 0.05) is 6.20 Å². The number of pyridine rings is 1. The molecule has 3 N–H and O–H groups in total. The third-order valence-corrected chi connectivity index (χ3v) is 3.42. The number of nitrogens with two attached hydrogens (primary N) is 1. The number of hydrogen-bond donors (Lipinski definition) is 2. The molecular formula is C14H13ClN6. The van der Waals surface area contributed by atoms with E-state index >= 15 is 0 Å². The van der Waals surface area contributed by atoms with Crippen LogP contribution in [0.3, 0.4) is 0 Å². The lowest BCUT2D eigenvalue weighted by Crippen LogP contribution is -2.31. The minimum absolute atomic E-state index is 0.408. The second kappa shape index (κ2) is 6.01. The van der Waals surface area contributed by atoms with Gasteiger partial charge in [0.2, 0.25) is 0 Å². The number of aromatic nitrogens is 4. The summed E-state index contributed by atoms with van der Waals surface area (Å²) in [6.45, 7) is 0. The number of nitrogens with one attached hydrogen (secondary N) is 1. The minimum Gasteiger partial charge on any atom is -0.270 e. The SMILES string of the molecule is NNC(c1ncccc1Cl)c1cnnn1-c1ccccc1.